The van der Waals surface area contributed by atoms with E-state index in [-0.39, 0.29) is 10.9 Å². The van der Waals surface area contributed by atoms with Crippen LogP contribution in [0, 0.1) is 13.8 Å². The molecule has 6 nitrogen and oxygen atoms in total. The van der Waals surface area contributed by atoms with Crippen molar-refractivity contribution < 1.29 is 13.2 Å². The molecule has 0 spiro atoms. The van der Waals surface area contributed by atoms with Crippen molar-refractivity contribution in [1.82, 2.24) is 8.87 Å². The molecule has 0 radical (unpaired) electrons. The molecule has 1 amide bonds. The van der Waals surface area contributed by atoms with Gasteiger partial charge in [0, 0.05) is 25.2 Å². The topological polar surface area (TPSA) is 71.7 Å². The first-order valence-corrected chi connectivity index (χ1v) is 12.2. The lowest BCUT2D eigenvalue weighted by molar-refractivity contribution is 0.0997. The van der Waals surface area contributed by atoms with Crippen LogP contribution < -0.4 is 4.80 Å². The van der Waals surface area contributed by atoms with Crippen LogP contribution in [0.5, 0.6) is 0 Å². The average molecular weight is 458 g/mol. The van der Waals surface area contributed by atoms with Gasteiger partial charge in [-0.25, -0.2) is 8.42 Å². The number of thiazole rings is 1. The van der Waals surface area contributed by atoms with Gasteiger partial charge < -0.3 is 4.57 Å². The molecule has 1 heterocycles. The molecule has 31 heavy (non-hydrogen) atoms. The quantitative estimate of drug-likeness (QED) is 0.519. The SMILES string of the molecule is C=CCn1c(=NC(=O)c2ccc(S(=O)(=O)N(C)C(C)C)cc2)sc2cc(C)c(C)cc21. The second kappa shape index (κ2) is 8.90. The van der Waals surface area contributed by atoms with Crippen LogP contribution in [0.4, 0.5) is 0 Å². The Kier molecular flexibility index (Phi) is 6.64. The van der Waals surface area contributed by atoms with Crippen LogP contribution in [0.15, 0.2) is 58.9 Å². The molecule has 0 atom stereocenters. The highest BCUT2D eigenvalue weighted by molar-refractivity contribution is 7.89. The predicted molar refractivity (Wildman–Crippen MR) is 126 cm³/mol. The average Bonchev–Trinajstić information content (AvgIpc) is 3.04. The maximum Gasteiger partial charge on any atom is 0.279 e. The number of carbonyl (C=O) groups is 1. The summed E-state index contributed by atoms with van der Waals surface area (Å²) in [5, 5.41) is 0. The molecule has 0 bridgehead atoms. The Labute approximate surface area is 187 Å². The Bertz CT molecular complexity index is 1310. The van der Waals surface area contributed by atoms with Gasteiger partial charge in [0.05, 0.1) is 15.1 Å². The summed E-state index contributed by atoms with van der Waals surface area (Å²) in [5.74, 6) is -0.418. The zero-order valence-electron chi connectivity index (χ0n) is 18.4. The monoisotopic (exact) mass is 457 g/mol. The fourth-order valence-electron chi connectivity index (χ4n) is 3.08. The fourth-order valence-corrected chi connectivity index (χ4v) is 5.56. The molecule has 8 heteroatoms. The van der Waals surface area contributed by atoms with Gasteiger partial charge in [0.2, 0.25) is 10.0 Å². The smallest absolute Gasteiger partial charge is 0.279 e. The third-order valence-corrected chi connectivity index (χ3v) is 8.40. The number of hydrogen-bond acceptors (Lipinski definition) is 4. The summed E-state index contributed by atoms with van der Waals surface area (Å²) in [6.07, 6.45) is 1.77. The number of aryl methyl sites for hydroxylation is 2. The number of rotatable bonds is 6. The zero-order chi connectivity index (χ0) is 22.9. The van der Waals surface area contributed by atoms with E-state index in [1.807, 2.05) is 4.57 Å². The molecule has 0 saturated heterocycles. The number of carbonyl (C=O) groups excluding carboxylic acids is 1. The van der Waals surface area contributed by atoms with Crippen molar-refractivity contribution in [3.8, 4) is 0 Å². The molecule has 2 aromatic carbocycles. The molecule has 0 aliphatic rings. The van der Waals surface area contributed by atoms with E-state index in [2.05, 4.69) is 37.6 Å². The highest BCUT2D eigenvalue weighted by Gasteiger charge is 2.23. The molecule has 0 saturated carbocycles. The summed E-state index contributed by atoms with van der Waals surface area (Å²) < 4.78 is 29.6. The number of allylic oxidation sites excluding steroid dienone is 1. The molecular weight excluding hydrogens is 430 g/mol. The number of amides is 1. The second-order valence-corrected chi connectivity index (χ2v) is 10.8. The van der Waals surface area contributed by atoms with Gasteiger partial charge in [0.1, 0.15) is 0 Å². The molecular formula is C23H27N3O3S2. The Morgan fingerprint density at radius 3 is 2.39 bits per heavy atom. The Balaban J connectivity index is 2.02. The molecule has 0 aliphatic carbocycles. The van der Waals surface area contributed by atoms with Gasteiger partial charge in [-0.15, -0.1) is 6.58 Å². The largest absolute Gasteiger partial charge is 0.312 e. The maximum atomic E-state index is 12.8. The first-order valence-electron chi connectivity index (χ1n) is 9.95. The summed E-state index contributed by atoms with van der Waals surface area (Å²) in [5.41, 5.74) is 3.70. The number of sulfonamides is 1. The van der Waals surface area contributed by atoms with Gasteiger partial charge in [0.15, 0.2) is 4.80 Å². The number of aromatic nitrogens is 1. The normalized spacial score (nSPS) is 12.8. The van der Waals surface area contributed by atoms with Crippen molar-refractivity contribution in [2.45, 2.75) is 45.2 Å². The van der Waals surface area contributed by atoms with Crippen LogP contribution in [0.3, 0.4) is 0 Å². The molecule has 3 aromatic rings. The Hall–Kier alpha value is -2.55. The molecule has 3 rings (SSSR count). The maximum absolute atomic E-state index is 12.8. The minimum absolute atomic E-state index is 0.148. The number of fused-ring (bicyclic) bond motifs is 1. The number of hydrogen-bond donors (Lipinski definition) is 0. The third kappa shape index (κ3) is 4.56. The highest BCUT2D eigenvalue weighted by Crippen LogP contribution is 2.22. The van der Waals surface area contributed by atoms with Gasteiger partial charge in [0.25, 0.3) is 5.91 Å². The van der Waals surface area contributed by atoms with Crippen molar-refractivity contribution in [3.63, 3.8) is 0 Å². The first-order chi connectivity index (χ1) is 14.6. The highest BCUT2D eigenvalue weighted by atomic mass is 32.2. The van der Waals surface area contributed by atoms with Crippen LogP contribution >= 0.6 is 11.3 Å². The lowest BCUT2D eigenvalue weighted by atomic mass is 10.1. The molecule has 0 fully saturated rings. The van der Waals surface area contributed by atoms with Gasteiger partial charge >= 0.3 is 0 Å². The van der Waals surface area contributed by atoms with Gasteiger partial charge in [-0.1, -0.05) is 17.4 Å². The summed E-state index contributed by atoms with van der Waals surface area (Å²) in [6, 6.07) is 9.95. The molecule has 0 aliphatic heterocycles. The van der Waals surface area contributed by atoms with E-state index in [9.17, 15) is 13.2 Å². The van der Waals surface area contributed by atoms with Crippen molar-refractivity contribution in [3.05, 3.63) is 70.5 Å². The molecule has 1 aromatic heterocycles. The number of benzene rings is 2. The van der Waals surface area contributed by atoms with E-state index < -0.39 is 15.9 Å². The van der Waals surface area contributed by atoms with E-state index >= 15 is 0 Å². The lowest BCUT2D eigenvalue weighted by Gasteiger charge is -2.20. The van der Waals surface area contributed by atoms with Crippen LogP contribution in [-0.4, -0.2) is 36.3 Å². The van der Waals surface area contributed by atoms with Gasteiger partial charge in [-0.2, -0.15) is 9.30 Å². The van der Waals surface area contributed by atoms with Crippen molar-refractivity contribution >= 4 is 37.5 Å². The Morgan fingerprint density at radius 1 is 1.19 bits per heavy atom. The molecule has 0 N–H and O–H groups in total. The van der Waals surface area contributed by atoms with E-state index in [1.165, 1.54) is 58.1 Å². The summed E-state index contributed by atoms with van der Waals surface area (Å²) in [7, 11) is -2.06. The van der Waals surface area contributed by atoms with Gasteiger partial charge in [-0.05, 0) is 75.2 Å². The molecule has 0 unspecified atom stereocenters. The van der Waals surface area contributed by atoms with Gasteiger partial charge in [-0.3, -0.25) is 4.79 Å². The van der Waals surface area contributed by atoms with Crippen LogP contribution in [0.25, 0.3) is 10.2 Å². The standard InChI is InChI=1S/C23H27N3O3S2/c1-7-12-26-20-13-16(4)17(5)14-21(20)30-23(26)24-22(27)18-8-10-19(11-9-18)31(28,29)25(6)15(2)3/h7-11,13-15H,1,12H2,2-6H3. The second-order valence-electron chi connectivity index (χ2n) is 7.74. The van der Waals surface area contributed by atoms with Crippen molar-refractivity contribution in [2.75, 3.05) is 7.05 Å². The van der Waals surface area contributed by atoms with Crippen molar-refractivity contribution in [1.29, 1.82) is 0 Å². The lowest BCUT2D eigenvalue weighted by Crippen LogP contribution is -2.33. The van der Waals surface area contributed by atoms with Crippen LogP contribution in [0.1, 0.15) is 35.3 Å². The van der Waals surface area contributed by atoms with Crippen LogP contribution in [-0.2, 0) is 16.6 Å². The first kappa shape index (κ1) is 23.1. The van der Waals surface area contributed by atoms with Crippen molar-refractivity contribution in [2.24, 2.45) is 4.99 Å². The summed E-state index contributed by atoms with van der Waals surface area (Å²) in [6.45, 7) is 12.1. The number of nitrogens with zero attached hydrogens (tertiary/aromatic N) is 3. The summed E-state index contributed by atoms with van der Waals surface area (Å²) >= 11 is 1.45. The van der Waals surface area contributed by atoms with Crippen LogP contribution in [0.2, 0.25) is 0 Å². The molecule has 164 valence electrons. The van der Waals surface area contributed by atoms with E-state index in [0.717, 1.165) is 10.2 Å². The summed E-state index contributed by atoms with van der Waals surface area (Å²) in [4.78, 5) is 17.9. The van der Waals surface area contributed by atoms with E-state index in [0.29, 0.717) is 16.9 Å². The zero-order valence-corrected chi connectivity index (χ0v) is 20.0. The van der Waals surface area contributed by atoms with E-state index in [4.69, 9.17) is 0 Å². The Morgan fingerprint density at radius 2 is 1.81 bits per heavy atom. The minimum Gasteiger partial charge on any atom is -0.312 e. The predicted octanol–water partition coefficient (Wildman–Crippen LogP) is 4.28. The minimum atomic E-state index is -3.60. The fraction of sp³-hybridized carbons (Fsp3) is 0.304. The van der Waals surface area contributed by atoms with E-state index in [1.54, 1.807) is 19.9 Å². The third-order valence-electron chi connectivity index (χ3n) is 5.31.